The minimum Gasteiger partial charge on any atom is -0.482 e. The third-order valence-electron chi connectivity index (χ3n) is 4.76. The summed E-state index contributed by atoms with van der Waals surface area (Å²) in [6.07, 6.45) is -0.836. The van der Waals surface area contributed by atoms with E-state index in [-0.39, 0.29) is 12.5 Å². The van der Waals surface area contributed by atoms with E-state index in [1.54, 1.807) is 36.1 Å². The van der Waals surface area contributed by atoms with E-state index in [0.29, 0.717) is 23.9 Å². The van der Waals surface area contributed by atoms with Crippen molar-refractivity contribution >= 4 is 23.5 Å². The largest absolute Gasteiger partial charge is 0.482 e. The van der Waals surface area contributed by atoms with Crippen LogP contribution in [-0.4, -0.2) is 60.6 Å². The molecule has 154 valence electrons. The first-order chi connectivity index (χ1) is 14.0. The van der Waals surface area contributed by atoms with E-state index in [2.05, 4.69) is 17.0 Å². The Morgan fingerprint density at radius 3 is 2.31 bits per heavy atom. The van der Waals surface area contributed by atoms with Crippen molar-refractivity contribution in [3.05, 3.63) is 65.2 Å². The van der Waals surface area contributed by atoms with Crippen LogP contribution in [0, 0.1) is 0 Å². The Morgan fingerprint density at radius 1 is 1.00 bits per heavy atom. The van der Waals surface area contributed by atoms with Crippen LogP contribution in [0.3, 0.4) is 0 Å². The van der Waals surface area contributed by atoms with Gasteiger partial charge < -0.3 is 14.4 Å². The lowest BCUT2D eigenvalue weighted by atomic mass is 10.2. The Kier molecular flexibility index (Phi) is 7.49. The molecule has 1 aliphatic heterocycles. The smallest absolute Gasteiger partial charge is 0.344 e. The number of ether oxygens (including phenoxy) is 2. The van der Waals surface area contributed by atoms with Crippen LogP contribution in [-0.2, 0) is 20.9 Å². The number of halogens is 1. The van der Waals surface area contributed by atoms with Gasteiger partial charge in [-0.05, 0) is 36.8 Å². The van der Waals surface area contributed by atoms with Crippen LogP contribution in [0.4, 0.5) is 0 Å². The van der Waals surface area contributed by atoms with Gasteiger partial charge in [-0.2, -0.15) is 0 Å². The summed E-state index contributed by atoms with van der Waals surface area (Å²) < 4.78 is 10.6. The summed E-state index contributed by atoms with van der Waals surface area (Å²) in [5.41, 5.74) is 1.26. The Hall–Kier alpha value is -2.57. The second-order valence-electron chi connectivity index (χ2n) is 6.96. The van der Waals surface area contributed by atoms with E-state index >= 15 is 0 Å². The summed E-state index contributed by atoms with van der Waals surface area (Å²) in [7, 11) is 0. The standard InChI is InChI=1S/C22H25ClN2O4/c1-17(29-21(26)16-28-20-9-7-19(23)8-10-20)22(27)25-13-11-24(12-14-25)15-18-5-3-2-4-6-18/h2-10,17H,11-16H2,1H3/t17-/m0/s1. The number of piperazine rings is 1. The number of rotatable bonds is 7. The predicted molar refractivity (Wildman–Crippen MR) is 111 cm³/mol. The quantitative estimate of drug-likeness (QED) is 0.649. The fourth-order valence-corrected chi connectivity index (χ4v) is 3.31. The van der Waals surface area contributed by atoms with E-state index < -0.39 is 12.1 Å². The molecule has 0 saturated carbocycles. The third-order valence-corrected chi connectivity index (χ3v) is 5.01. The van der Waals surface area contributed by atoms with Crippen LogP contribution < -0.4 is 4.74 Å². The molecule has 0 aromatic heterocycles. The lowest BCUT2D eigenvalue weighted by Crippen LogP contribution is -2.51. The lowest BCUT2D eigenvalue weighted by molar-refractivity contribution is -0.161. The molecule has 1 atom stereocenters. The maximum absolute atomic E-state index is 12.6. The molecular weight excluding hydrogens is 392 g/mol. The summed E-state index contributed by atoms with van der Waals surface area (Å²) in [6, 6.07) is 16.9. The minimum atomic E-state index is -0.836. The van der Waals surface area contributed by atoms with Gasteiger partial charge in [0.05, 0.1) is 0 Å². The number of carbonyl (C=O) groups excluding carboxylic acids is 2. The molecule has 0 aliphatic carbocycles. The monoisotopic (exact) mass is 416 g/mol. The number of carbonyl (C=O) groups is 2. The van der Waals surface area contributed by atoms with E-state index in [1.807, 2.05) is 18.2 Å². The van der Waals surface area contributed by atoms with Gasteiger partial charge in [0.2, 0.25) is 0 Å². The summed E-state index contributed by atoms with van der Waals surface area (Å²) in [6.45, 7) is 5.03. The Labute approximate surface area is 176 Å². The van der Waals surface area contributed by atoms with E-state index in [4.69, 9.17) is 21.1 Å². The highest BCUT2D eigenvalue weighted by atomic mass is 35.5. The maximum atomic E-state index is 12.6. The maximum Gasteiger partial charge on any atom is 0.344 e. The molecule has 1 heterocycles. The van der Waals surface area contributed by atoms with E-state index in [9.17, 15) is 9.59 Å². The average molecular weight is 417 g/mol. The fraction of sp³-hybridized carbons (Fsp3) is 0.364. The molecule has 2 aromatic carbocycles. The van der Waals surface area contributed by atoms with Gasteiger partial charge >= 0.3 is 5.97 Å². The van der Waals surface area contributed by atoms with Gasteiger partial charge in [-0.1, -0.05) is 41.9 Å². The highest BCUT2D eigenvalue weighted by molar-refractivity contribution is 6.30. The van der Waals surface area contributed by atoms with Gasteiger partial charge in [0.1, 0.15) is 5.75 Å². The lowest BCUT2D eigenvalue weighted by Gasteiger charge is -2.35. The number of nitrogens with zero attached hydrogens (tertiary/aromatic N) is 2. The van der Waals surface area contributed by atoms with Crippen LogP contribution in [0.1, 0.15) is 12.5 Å². The summed E-state index contributed by atoms with van der Waals surface area (Å²) in [4.78, 5) is 28.6. The van der Waals surface area contributed by atoms with Crippen molar-refractivity contribution in [1.82, 2.24) is 9.80 Å². The molecule has 0 unspecified atom stereocenters. The second-order valence-corrected chi connectivity index (χ2v) is 7.40. The van der Waals surface area contributed by atoms with E-state index in [1.165, 1.54) is 5.56 Å². The molecule has 0 N–H and O–H groups in total. The first-order valence-corrected chi connectivity index (χ1v) is 10.0. The second kappa shape index (κ2) is 10.3. The average Bonchev–Trinajstić information content (AvgIpc) is 2.74. The third kappa shape index (κ3) is 6.48. The molecule has 3 rings (SSSR count). The zero-order valence-electron chi connectivity index (χ0n) is 16.4. The molecule has 29 heavy (non-hydrogen) atoms. The van der Waals surface area contributed by atoms with Crippen molar-refractivity contribution in [3.8, 4) is 5.75 Å². The van der Waals surface area contributed by atoms with Crippen molar-refractivity contribution in [1.29, 1.82) is 0 Å². The number of amides is 1. The molecule has 1 aliphatic rings. The molecular formula is C22H25ClN2O4. The molecule has 1 fully saturated rings. The molecule has 1 saturated heterocycles. The predicted octanol–water partition coefficient (Wildman–Crippen LogP) is 2.99. The highest BCUT2D eigenvalue weighted by Gasteiger charge is 2.27. The normalized spacial score (nSPS) is 15.6. The molecule has 0 spiro atoms. The SMILES string of the molecule is C[C@H](OC(=O)COc1ccc(Cl)cc1)C(=O)N1CCN(Cc2ccccc2)CC1. The van der Waals surface area contributed by atoms with Gasteiger partial charge in [0.15, 0.2) is 12.7 Å². The Morgan fingerprint density at radius 2 is 1.66 bits per heavy atom. The van der Waals surface area contributed by atoms with Gasteiger partial charge in [0.25, 0.3) is 5.91 Å². The van der Waals surface area contributed by atoms with Crippen molar-refractivity contribution in [2.45, 2.75) is 19.6 Å². The van der Waals surface area contributed by atoms with Crippen molar-refractivity contribution in [2.75, 3.05) is 32.8 Å². The zero-order valence-corrected chi connectivity index (χ0v) is 17.2. The Bertz CT molecular complexity index is 805. The van der Waals surface area contributed by atoms with Crippen molar-refractivity contribution < 1.29 is 19.1 Å². The van der Waals surface area contributed by atoms with E-state index in [0.717, 1.165) is 19.6 Å². The van der Waals surface area contributed by atoms with Crippen molar-refractivity contribution in [2.24, 2.45) is 0 Å². The molecule has 1 amide bonds. The van der Waals surface area contributed by atoms with Crippen LogP contribution in [0.5, 0.6) is 5.75 Å². The first kappa shape index (κ1) is 21.1. The molecule has 7 heteroatoms. The first-order valence-electron chi connectivity index (χ1n) is 9.64. The number of esters is 1. The molecule has 0 radical (unpaired) electrons. The topological polar surface area (TPSA) is 59.1 Å². The van der Waals surface area contributed by atoms with Crippen LogP contribution in [0.2, 0.25) is 5.02 Å². The summed E-state index contributed by atoms with van der Waals surface area (Å²) in [5, 5.41) is 0.586. The van der Waals surface area contributed by atoms with Crippen LogP contribution in [0.15, 0.2) is 54.6 Å². The number of hydrogen-bond donors (Lipinski definition) is 0. The summed E-state index contributed by atoms with van der Waals surface area (Å²) >= 11 is 5.81. The fourth-order valence-electron chi connectivity index (χ4n) is 3.18. The number of hydrogen-bond acceptors (Lipinski definition) is 5. The highest BCUT2D eigenvalue weighted by Crippen LogP contribution is 2.15. The molecule has 0 bridgehead atoms. The van der Waals surface area contributed by atoms with Crippen LogP contribution >= 0.6 is 11.6 Å². The zero-order chi connectivity index (χ0) is 20.6. The molecule has 2 aromatic rings. The van der Waals surface area contributed by atoms with Crippen molar-refractivity contribution in [3.63, 3.8) is 0 Å². The van der Waals surface area contributed by atoms with Gasteiger partial charge in [-0.25, -0.2) is 4.79 Å². The molecule has 6 nitrogen and oxygen atoms in total. The van der Waals surface area contributed by atoms with Crippen LogP contribution in [0.25, 0.3) is 0 Å². The number of benzene rings is 2. The van der Waals surface area contributed by atoms with Gasteiger partial charge in [-0.3, -0.25) is 9.69 Å². The Balaban J connectivity index is 1.39. The summed E-state index contributed by atoms with van der Waals surface area (Å²) in [5.74, 6) is -0.243. The minimum absolute atomic E-state index is 0.177. The van der Waals surface area contributed by atoms with Gasteiger partial charge in [-0.15, -0.1) is 0 Å². The van der Waals surface area contributed by atoms with Gasteiger partial charge in [0, 0.05) is 37.7 Å².